The summed E-state index contributed by atoms with van der Waals surface area (Å²) in [5.41, 5.74) is -0.371. The third-order valence-corrected chi connectivity index (χ3v) is 5.59. The molecule has 8 heteroatoms. The van der Waals surface area contributed by atoms with Gasteiger partial charge in [-0.1, -0.05) is 61.9 Å². The number of halogens is 4. The standard InChI is InChI=1S/C23H19ClF3NO3/c1-22(2)17(12-19(24)23(25,26)27)20(22)21(29)31-18(13-28)14-7-6-10-16(11-14)30-15-8-4-3-5-9-15/h3-12,17-18,20H,1-2H3/b19-12+/t17-,18+,20-/m1/s1. The number of rotatable bonds is 6. The Morgan fingerprint density at radius 1 is 1.16 bits per heavy atom. The monoisotopic (exact) mass is 449 g/mol. The molecule has 0 saturated heterocycles. The van der Waals surface area contributed by atoms with E-state index in [1.54, 1.807) is 50.2 Å². The fourth-order valence-electron chi connectivity index (χ4n) is 3.42. The summed E-state index contributed by atoms with van der Waals surface area (Å²) < 4.78 is 49.2. The Morgan fingerprint density at radius 3 is 2.42 bits per heavy atom. The van der Waals surface area contributed by atoms with E-state index in [0.29, 0.717) is 17.1 Å². The smallest absolute Gasteiger partial charge is 0.426 e. The van der Waals surface area contributed by atoms with Gasteiger partial charge in [-0.3, -0.25) is 4.79 Å². The van der Waals surface area contributed by atoms with Gasteiger partial charge in [-0.25, -0.2) is 0 Å². The maximum atomic E-state index is 12.7. The van der Waals surface area contributed by atoms with Crippen LogP contribution < -0.4 is 4.74 Å². The van der Waals surface area contributed by atoms with E-state index in [4.69, 9.17) is 21.1 Å². The van der Waals surface area contributed by atoms with E-state index in [1.807, 2.05) is 24.3 Å². The normalized spacial score (nSPS) is 21.0. The number of nitriles is 1. The summed E-state index contributed by atoms with van der Waals surface area (Å²) in [5, 5.41) is 8.23. The van der Waals surface area contributed by atoms with Gasteiger partial charge in [0.15, 0.2) is 0 Å². The molecule has 2 aromatic carbocycles. The zero-order valence-electron chi connectivity index (χ0n) is 16.7. The third-order valence-electron chi connectivity index (χ3n) is 5.25. The number of allylic oxidation sites excluding steroid dienone is 2. The number of ether oxygens (including phenoxy) is 2. The first-order valence-electron chi connectivity index (χ1n) is 9.41. The van der Waals surface area contributed by atoms with Crippen molar-refractivity contribution in [1.29, 1.82) is 5.26 Å². The predicted octanol–water partition coefficient (Wildman–Crippen LogP) is 6.54. The third kappa shape index (κ3) is 5.20. The van der Waals surface area contributed by atoms with Crippen molar-refractivity contribution in [2.24, 2.45) is 17.3 Å². The average Bonchev–Trinajstić information content (AvgIpc) is 3.26. The molecule has 0 heterocycles. The molecule has 2 aromatic rings. The van der Waals surface area contributed by atoms with Crippen molar-refractivity contribution in [2.75, 3.05) is 0 Å². The molecule has 3 atom stereocenters. The minimum atomic E-state index is -4.68. The van der Waals surface area contributed by atoms with Gasteiger partial charge in [0.25, 0.3) is 0 Å². The fraction of sp³-hybridized carbons (Fsp3) is 0.304. The van der Waals surface area contributed by atoms with Gasteiger partial charge >= 0.3 is 12.1 Å². The molecule has 4 nitrogen and oxygen atoms in total. The van der Waals surface area contributed by atoms with Gasteiger partial charge in [0.05, 0.1) is 5.92 Å². The lowest BCUT2D eigenvalue weighted by atomic mass is 10.1. The zero-order chi connectivity index (χ0) is 22.8. The highest BCUT2D eigenvalue weighted by Gasteiger charge is 2.62. The second-order valence-electron chi connectivity index (χ2n) is 7.77. The topological polar surface area (TPSA) is 59.3 Å². The van der Waals surface area contributed by atoms with Gasteiger partial charge in [0.1, 0.15) is 22.6 Å². The van der Waals surface area contributed by atoms with E-state index in [2.05, 4.69) is 0 Å². The van der Waals surface area contributed by atoms with E-state index >= 15 is 0 Å². The molecule has 3 rings (SSSR count). The number of carbonyl (C=O) groups excluding carboxylic acids is 1. The highest BCUT2D eigenvalue weighted by Crippen LogP contribution is 2.60. The predicted molar refractivity (Wildman–Crippen MR) is 108 cm³/mol. The summed E-state index contributed by atoms with van der Waals surface area (Å²) in [6.07, 6.45) is -5.07. The van der Waals surface area contributed by atoms with Gasteiger partial charge < -0.3 is 9.47 Å². The molecule has 1 aliphatic rings. The van der Waals surface area contributed by atoms with Gasteiger partial charge in [-0.2, -0.15) is 18.4 Å². The molecular formula is C23H19ClF3NO3. The number of hydrogen-bond acceptors (Lipinski definition) is 4. The number of benzene rings is 2. The molecule has 1 fully saturated rings. The molecule has 0 aliphatic heterocycles. The van der Waals surface area contributed by atoms with Crippen molar-refractivity contribution < 1.29 is 27.4 Å². The summed E-state index contributed by atoms with van der Waals surface area (Å²) in [6.45, 7) is 3.30. The van der Waals surface area contributed by atoms with Crippen molar-refractivity contribution in [3.63, 3.8) is 0 Å². The van der Waals surface area contributed by atoms with Crippen LogP contribution in [0.15, 0.2) is 65.7 Å². The van der Waals surface area contributed by atoms with E-state index < -0.39 is 40.5 Å². The molecule has 0 spiro atoms. The Bertz CT molecular complexity index is 1030. The Kier molecular flexibility index (Phi) is 6.33. The highest BCUT2D eigenvalue weighted by atomic mass is 35.5. The summed E-state index contributed by atoms with van der Waals surface area (Å²) in [6, 6.07) is 17.4. The summed E-state index contributed by atoms with van der Waals surface area (Å²) in [4.78, 5) is 12.6. The van der Waals surface area contributed by atoms with Crippen molar-refractivity contribution >= 4 is 17.6 Å². The molecule has 0 amide bonds. The van der Waals surface area contributed by atoms with E-state index in [0.717, 1.165) is 6.08 Å². The lowest BCUT2D eigenvalue weighted by Gasteiger charge is -2.13. The Labute approximate surface area is 182 Å². The Hall–Kier alpha value is -2.98. The van der Waals surface area contributed by atoms with Gasteiger partial charge in [-0.15, -0.1) is 0 Å². The molecule has 1 aliphatic carbocycles. The van der Waals surface area contributed by atoms with Crippen molar-refractivity contribution in [3.05, 3.63) is 71.3 Å². The minimum absolute atomic E-state index is 0.392. The van der Waals surface area contributed by atoms with Crippen LogP contribution in [0, 0.1) is 28.6 Å². The molecule has 1 saturated carbocycles. The average molecular weight is 450 g/mol. The Balaban J connectivity index is 1.72. The SMILES string of the molecule is CC1(C)[C@H](/C=C(/Cl)C(F)(F)F)[C@@H]1C(=O)O[C@@H](C#N)c1cccc(Oc2ccccc2)c1. The zero-order valence-corrected chi connectivity index (χ0v) is 17.4. The van der Waals surface area contributed by atoms with Crippen LogP contribution in [0.5, 0.6) is 11.5 Å². The molecule has 0 unspecified atom stereocenters. The van der Waals surface area contributed by atoms with Crippen molar-refractivity contribution in [1.82, 2.24) is 0 Å². The summed E-state index contributed by atoms with van der Waals surface area (Å²) in [5.74, 6) is -1.27. The molecule has 0 bridgehead atoms. The highest BCUT2D eigenvalue weighted by molar-refractivity contribution is 6.30. The maximum absolute atomic E-state index is 12.7. The van der Waals surface area contributed by atoms with Crippen LogP contribution in [0.25, 0.3) is 0 Å². The van der Waals surface area contributed by atoms with Crippen LogP contribution in [0.1, 0.15) is 25.5 Å². The molecule has 0 radical (unpaired) electrons. The molecule has 162 valence electrons. The van der Waals surface area contributed by atoms with Crippen LogP contribution >= 0.6 is 11.6 Å². The number of alkyl halides is 3. The lowest BCUT2D eigenvalue weighted by Crippen LogP contribution is -2.14. The first-order chi connectivity index (χ1) is 14.5. The quantitative estimate of drug-likeness (QED) is 0.469. The van der Waals surface area contributed by atoms with Crippen LogP contribution in [-0.4, -0.2) is 12.1 Å². The second kappa shape index (κ2) is 8.64. The molecule has 0 aromatic heterocycles. The largest absolute Gasteiger partial charge is 0.457 e. The lowest BCUT2D eigenvalue weighted by molar-refractivity contribution is -0.149. The number of carbonyl (C=O) groups is 1. The van der Waals surface area contributed by atoms with E-state index in [1.165, 1.54) is 0 Å². The van der Waals surface area contributed by atoms with E-state index in [9.17, 15) is 23.2 Å². The number of esters is 1. The molecule has 31 heavy (non-hydrogen) atoms. The van der Waals surface area contributed by atoms with Gasteiger partial charge in [0, 0.05) is 5.56 Å². The molecule has 0 N–H and O–H groups in total. The maximum Gasteiger partial charge on any atom is 0.426 e. The van der Waals surface area contributed by atoms with Crippen molar-refractivity contribution in [3.8, 4) is 17.6 Å². The number of para-hydroxylation sites is 1. The first kappa shape index (κ1) is 22.7. The van der Waals surface area contributed by atoms with Crippen molar-refractivity contribution in [2.45, 2.75) is 26.1 Å². The van der Waals surface area contributed by atoms with Gasteiger partial charge in [0.2, 0.25) is 6.10 Å². The number of nitrogens with zero attached hydrogens (tertiary/aromatic N) is 1. The van der Waals surface area contributed by atoms with E-state index in [-0.39, 0.29) is 0 Å². The first-order valence-corrected chi connectivity index (χ1v) is 9.79. The fourth-order valence-corrected chi connectivity index (χ4v) is 3.55. The van der Waals surface area contributed by atoms with Crippen LogP contribution in [0.3, 0.4) is 0 Å². The van der Waals surface area contributed by atoms with Gasteiger partial charge in [-0.05, 0) is 35.6 Å². The number of hydrogen-bond donors (Lipinski definition) is 0. The molecular weight excluding hydrogens is 431 g/mol. The van der Waals surface area contributed by atoms with Crippen LogP contribution in [0.2, 0.25) is 0 Å². The second-order valence-corrected chi connectivity index (χ2v) is 8.18. The summed E-state index contributed by atoms with van der Waals surface area (Å²) >= 11 is 5.32. The Morgan fingerprint density at radius 2 is 1.81 bits per heavy atom. The summed E-state index contributed by atoms with van der Waals surface area (Å²) in [7, 11) is 0. The van der Waals surface area contributed by atoms with Crippen LogP contribution in [-0.2, 0) is 9.53 Å². The van der Waals surface area contributed by atoms with Crippen LogP contribution in [0.4, 0.5) is 13.2 Å². The minimum Gasteiger partial charge on any atom is -0.457 e.